The van der Waals surface area contributed by atoms with E-state index in [0.717, 1.165) is 51.4 Å². The van der Waals surface area contributed by atoms with Crippen LogP contribution in [-0.4, -0.2) is 35.4 Å². The summed E-state index contributed by atoms with van der Waals surface area (Å²) in [7, 11) is 0. The number of esters is 2. The SMILES string of the molecule is CC(=O)O[C@H]1CC[C@@]2(C)[C@H]3CC[C@]4(C)[C@@H]2C=C[C@]2(O)C5[C@@H](C)[C@H](C)CC[C@@]5(CC[C@]24C)C(=O)OC[C@]31C. The number of ether oxygens (including phenoxy) is 2. The summed E-state index contributed by atoms with van der Waals surface area (Å²) in [5.41, 5.74) is -2.56. The predicted molar refractivity (Wildman–Crippen MR) is 141 cm³/mol. The number of hydrogen-bond donors (Lipinski definition) is 1. The Kier molecular flexibility index (Phi) is 5.35. The van der Waals surface area contributed by atoms with Crippen LogP contribution in [0.3, 0.4) is 0 Å². The Balaban J connectivity index is 1.60. The predicted octanol–water partition coefficient (Wildman–Crippen LogP) is 6.08. The molecular formula is C32H48O5. The van der Waals surface area contributed by atoms with Gasteiger partial charge in [0.25, 0.3) is 0 Å². The van der Waals surface area contributed by atoms with Crippen molar-refractivity contribution in [2.75, 3.05) is 6.61 Å². The fourth-order valence-corrected chi connectivity index (χ4v) is 11.7. The fraction of sp³-hybridized carbons (Fsp3) is 0.875. The van der Waals surface area contributed by atoms with Crippen LogP contribution >= 0.6 is 0 Å². The first-order valence-electron chi connectivity index (χ1n) is 15.0. The van der Waals surface area contributed by atoms with E-state index in [1.165, 1.54) is 6.92 Å². The van der Waals surface area contributed by atoms with Gasteiger partial charge in [0.1, 0.15) is 12.7 Å². The zero-order valence-corrected chi connectivity index (χ0v) is 24.1. The highest BCUT2D eigenvalue weighted by Crippen LogP contribution is 2.77. The molecule has 0 aromatic heterocycles. The summed E-state index contributed by atoms with van der Waals surface area (Å²) in [6.45, 7) is 15.8. The molecule has 6 fully saturated rings. The Labute approximate surface area is 223 Å². The third-order valence-electron chi connectivity index (χ3n) is 14.1. The summed E-state index contributed by atoms with van der Waals surface area (Å²) in [5, 5.41) is 13.0. The third kappa shape index (κ3) is 2.86. The van der Waals surface area contributed by atoms with Crippen LogP contribution < -0.4 is 0 Å². The van der Waals surface area contributed by atoms with Gasteiger partial charge in [-0.3, -0.25) is 9.59 Å². The minimum absolute atomic E-state index is 0.0230. The van der Waals surface area contributed by atoms with Gasteiger partial charge in [-0.1, -0.05) is 53.7 Å². The quantitative estimate of drug-likeness (QED) is 0.340. The molecule has 4 saturated carbocycles. The lowest BCUT2D eigenvalue weighted by Gasteiger charge is -2.74. The van der Waals surface area contributed by atoms with Crippen LogP contribution in [0.1, 0.15) is 99.8 Å². The van der Waals surface area contributed by atoms with Crippen molar-refractivity contribution >= 4 is 11.9 Å². The molecule has 7 rings (SSSR count). The molecule has 2 aliphatic heterocycles. The van der Waals surface area contributed by atoms with E-state index < -0.39 is 16.4 Å². The lowest BCUT2D eigenvalue weighted by Crippen LogP contribution is -2.75. The molecule has 7 bridgehead atoms. The molecular weight excluding hydrogens is 464 g/mol. The van der Waals surface area contributed by atoms with Gasteiger partial charge in [-0.25, -0.2) is 0 Å². The molecule has 5 heteroatoms. The maximum absolute atomic E-state index is 14.3. The Morgan fingerprint density at radius 2 is 1.73 bits per heavy atom. The molecule has 2 heterocycles. The van der Waals surface area contributed by atoms with E-state index in [4.69, 9.17) is 9.47 Å². The molecule has 12 atom stereocenters. The van der Waals surface area contributed by atoms with Crippen molar-refractivity contribution in [2.45, 2.75) is 112 Å². The molecule has 5 nitrogen and oxygen atoms in total. The normalized spacial score (nSPS) is 58.2. The van der Waals surface area contributed by atoms with Gasteiger partial charge >= 0.3 is 11.9 Å². The summed E-state index contributed by atoms with van der Waals surface area (Å²) in [6.07, 6.45) is 11.5. The Hall–Kier alpha value is -1.36. The summed E-state index contributed by atoms with van der Waals surface area (Å²) < 4.78 is 12.4. The number of aliphatic hydroxyl groups is 1. The van der Waals surface area contributed by atoms with E-state index in [1.807, 2.05) is 0 Å². The van der Waals surface area contributed by atoms with E-state index in [2.05, 4.69) is 53.7 Å². The highest BCUT2D eigenvalue weighted by atomic mass is 16.6. The molecule has 206 valence electrons. The van der Waals surface area contributed by atoms with E-state index in [9.17, 15) is 14.7 Å². The van der Waals surface area contributed by atoms with Gasteiger partial charge in [0.05, 0.1) is 11.0 Å². The van der Waals surface area contributed by atoms with Crippen molar-refractivity contribution in [3.05, 3.63) is 12.2 Å². The number of rotatable bonds is 1. The fourth-order valence-electron chi connectivity index (χ4n) is 11.7. The van der Waals surface area contributed by atoms with E-state index in [0.29, 0.717) is 11.8 Å². The highest BCUT2D eigenvalue weighted by Gasteiger charge is 2.76. The van der Waals surface area contributed by atoms with Gasteiger partial charge in [-0.05, 0) is 85.9 Å². The van der Waals surface area contributed by atoms with Crippen LogP contribution in [0.25, 0.3) is 0 Å². The highest BCUT2D eigenvalue weighted by molar-refractivity contribution is 5.78. The largest absolute Gasteiger partial charge is 0.465 e. The van der Waals surface area contributed by atoms with Crippen molar-refractivity contribution in [1.82, 2.24) is 0 Å². The van der Waals surface area contributed by atoms with Crippen LogP contribution in [0, 0.1) is 56.7 Å². The molecule has 5 aliphatic carbocycles. The van der Waals surface area contributed by atoms with Crippen molar-refractivity contribution in [1.29, 1.82) is 0 Å². The first-order chi connectivity index (χ1) is 17.2. The number of carbonyl (C=O) groups is 2. The monoisotopic (exact) mass is 512 g/mol. The molecule has 1 unspecified atom stereocenters. The number of allylic oxidation sites excluding steroid dienone is 1. The molecule has 37 heavy (non-hydrogen) atoms. The number of carbonyl (C=O) groups excluding carboxylic acids is 2. The topological polar surface area (TPSA) is 72.8 Å². The molecule has 0 radical (unpaired) electrons. The lowest BCUT2D eigenvalue weighted by molar-refractivity contribution is -0.289. The Morgan fingerprint density at radius 3 is 2.43 bits per heavy atom. The van der Waals surface area contributed by atoms with Crippen molar-refractivity contribution in [2.24, 2.45) is 56.7 Å². The molecule has 0 amide bonds. The second-order valence-electron chi connectivity index (χ2n) is 15.2. The van der Waals surface area contributed by atoms with Gasteiger partial charge in [-0.2, -0.15) is 0 Å². The Morgan fingerprint density at radius 1 is 1.00 bits per heavy atom. The van der Waals surface area contributed by atoms with E-state index >= 15 is 0 Å². The average molecular weight is 513 g/mol. The van der Waals surface area contributed by atoms with Gasteiger partial charge in [0, 0.05) is 23.7 Å². The van der Waals surface area contributed by atoms with Gasteiger partial charge in [0.15, 0.2) is 0 Å². The van der Waals surface area contributed by atoms with E-state index in [1.54, 1.807) is 0 Å². The molecule has 7 aliphatic rings. The molecule has 1 spiro atoms. The molecule has 0 aromatic carbocycles. The van der Waals surface area contributed by atoms with Crippen molar-refractivity contribution in [3.63, 3.8) is 0 Å². The Bertz CT molecular complexity index is 1050. The number of fused-ring (bicyclic) bond motifs is 4. The summed E-state index contributed by atoms with van der Waals surface area (Å²) in [5.74, 6) is 0.707. The average Bonchev–Trinajstić information content (AvgIpc) is 2.82. The van der Waals surface area contributed by atoms with Crippen LogP contribution in [0.15, 0.2) is 12.2 Å². The van der Waals surface area contributed by atoms with Gasteiger partial charge in [0.2, 0.25) is 0 Å². The van der Waals surface area contributed by atoms with Gasteiger partial charge in [-0.15, -0.1) is 0 Å². The zero-order valence-electron chi connectivity index (χ0n) is 24.1. The zero-order chi connectivity index (χ0) is 26.8. The summed E-state index contributed by atoms with van der Waals surface area (Å²) in [6, 6.07) is 0. The van der Waals surface area contributed by atoms with Crippen LogP contribution in [-0.2, 0) is 19.1 Å². The van der Waals surface area contributed by atoms with E-state index in [-0.39, 0.29) is 58.6 Å². The maximum Gasteiger partial charge on any atom is 0.312 e. The van der Waals surface area contributed by atoms with Crippen molar-refractivity contribution < 1.29 is 24.2 Å². The lowest BCUT2D eigenvalue weighted by atomic mass is 9.31. The number of hydrogen-bond acceptors (Lipinski definition) is 5. The molecule has 0 aromatic rings. The summed E-state index contributed by atoms with van der Waals surface area (Å²) >= 11 is 0. The first kappa shape index (κ1) is 25.9. The van der Waals surface area contributed by atoms with Crippen LogP contribution in [0.2, 0.25) is 0 Å². The minimum atomic E-state index is -1.04. The summed E-state index contributed by atoms with van der Waals surface area (Å²) in [4.78, 5) is 26.5. The first-order valence-corrected chi connectivity index (χ1v) is 15.0. The third-order valence-corrected chi connectivity index (χ3v) is 14.1. The van der Waals surface area contributed by atoms with Crippen LogP contribution in [0.4, 0.5) is 0 Å². The maximum atomic E-state index is 14.3. The van der Waals surface area contributed by atoms with Crippen molar-refractivity contribution in [3.8, 4) is 0 Å². The smallest absolute Gasteiger partial charge is 0.312 e. The molecule has 2 saturated heterocycles. The van der Waals surface area contributed by atoms with Gasteiger partial charge < -0.3 is 14.6 Å². The second-order valence-corrected chi connectivity index (χ2v) is 15.2. The standard InChI is InChI=1S/C32H48O5/c1-19-8-14-31-17-16-30(7)29(6)13-9-22-27(4,23(29)10-15-32(30,35)25(31)20(19)2)12-11-24(37-21(3)33)28(22,5)18-36-26(31)34/h10,15,19-20,22-25,35H,8-9,11-14,16-18H2,1-7H3/t19-,20+,22-,23-,24+,25?,27+,28-,29-,30+,31+,32+/m1/s1. The van der Waals surface area contributed by atoms with Crippen LogP contribution in [0.5, 0.6) is 0 Å². The minimum Gasteiger partial charge on any atom is -0.465 e. The second kappa shape index (κ2) is 7.64. The molecule has 1 N–H and O–H groups in total.